The monoisotopic (exact) mass is 271 g/mol. The molecule has 0 aliphatic rings. The summed E-state index contributed by atoms with van der Waals surface area (Å²) in [6.07, 6.45) is 0. The molecule has 7 nitrogen and oxygen atoms in total. The van der Waals surface area contributed by atoms with Gasteiger partial charge in [-0.05, 0) is 13.0 Å². The number of hydrogen-bond donors (Lipinski definition) is 2. The fourth-order valence-electron chi connectivity index (χ4n) is 1.64. The molecule has 0 atom stereocenters. The van der Waals surface area contributed by atoms with E-state index in [2.05, 4.69) is 0 Å². The number of nitro groups is 1. The average molecular weight is 271 g/mol. The van der Waals surface area contributed by atoms with Crippen molar-refractivity contribution in [2.75, 3.05) is 25.4 Å². The molecule has 1 amide bonds. The standard InChI is InChI=1S/C11H14FN3O4/c1-2-14(5-6-16)11(17)9-7(12)3-4-8(10(9)13)15(18)19/h3-4,16H,2,5-6,13H2,1H3. The van der Waals surface area contributed by atoms with Gasteiger partial charge in [-0.3, -0.25) is 14.9 Å². The second-order valence-electron chi connectivity index (χ2n) is 3.72. The van der Waals surface area contributed by atoms with Crippen molar-refractivity contribution in [3.05, 3.63) is 33.6 Å². The minimum atomic E-state index is -0.926. The number of amides is 1. The van der Waals surface area contributed by atoms with Crippen molar-refractivity contribution in [2.24, 2.45) is 0 Å². The Hall–Kier alpha value is -2.22. The Bertz CT molecular complexity index is 507. The van der Waals surface area contributed by atoms with Gasteiger partial charge in [-0.15, -0.1) is 0 Å². The van der Waals surface area contributed by atoms with Gasteiger partial charge in [-0.2, -0.15) is 0 Å². The third kappa shape index (κ3) is 2.97. The lowest BCUT2D eigenvalue weighted by Crippen LogP contribution is -2.34. The molecule has 1 aromatic carbocycles. The number of nitro benzene ring substituents is 1. The first kappa shape index (κ1) is 14.8. The van der Waals surface area contributed by atoms with Gasteiger partial charge in [0.05, 0.1) is 11.5 Å². The number of nitrogens with zero attached hydrogens (tertiary/aromatic N) is 2. The quantitative estimate of drug-likeness (QED) is 0.467. The highest BCUT2D eigenvalue weighted by atomic mass is 19.1. The van der Waals surface area contributed by atoms with Crippen LogP contribution in [-0.4, -0.2) is 40.5 Å². The number of nitrogens with two attached hydrogens (primary N) is 1. The molecule has 0 aliphatic heterocycles. The molecule has 0 saturated heterocycles. The van der Waals surface area contributed by atoms with Gasteiger partial charge < -0.3 is 15.7 Å². The molecule has 0 radical (unpaired) electrons. The molecule has 0 unspecified atom stereocenters. The van der Waals surface area contributed by atoms with E-state index in [1.54, 1.807) is 6.92 Å². The van der Waals surface area contributed by atoms with E-state index >= 15 is 0 Å². The highest BCUT2D eigenvalue weighted by molar-refractivity contribution is 6.01. The maximum atomic E-state index is 13.7. The molecule has 0 saturated carbocycles. The molecule has 0 spiro atoms. The molecule has 19 heavy (non-hydrogen) atoms. The fourth-order valence-corrected chi connectivity index (χ4v) is 1.64. The van der Waals surface area contributed by atoms with Crippen LogP contribution in [0.4, 0.5) is 15.8 Å². The van der Waals surface area contributed by atoms with Crippen molar-refractivity contribution in [3.8, 4) is 0 Å². The summed E-state index contributed by atoms with van der Waals surface area (Å²) in [6, 6.07) is 1.73. The summed E-state index contributed by atoms with van der Waals surface area (Å²) in [4.78, 5) is 23.1. The third-order valence-electron chi connectivity index (χ3n) is 2.62. The number of anilines is 1. The Kier molecular flexibility index (Phi) is 4.76. The summed E-state index contributed by atoms with van der Waals surface area (Å²) < 4.78 is 13.7. The van der Waals surface area contributed by atoms with Crippen LogP contribution in [0.3, 0.4) is 0 Å². The van der Waals surface area contributed by atoms with Crippen molar-refractivity contribution >= 4 is 17.3 Å². The predicted molar refractivity (Wildman–Crippen MR) is 66.1 cm³/mol. The van der Waals surface area contributed by atoms with E-state index in [4.69, 9.17) is 10.8 Å². The van der Waals surface area contributed by atoms with Gasteiger partial charge in [0.1, 0.15) is 17.1 Å². The van der Waals surface area contributed by atoms with Crippen molar-refractivity contribution in [1.29, 1.82) is 0 Å². The molecule has 104 valence electrons. The van der Waals surface area contributed by atoms with Gasteiger partial charge in [0, 0.05) is 19.2 Å². The van der Waals surface area contributed by atoms with E-state index in [9.17, 15) is 19.3 Å². The highest BCUT2D eigenvalue weighted by Gasteiger charge is 2.26. The normalized spacial score (nSPS) is 10.3. The summed E-state index contributed by atoms with van der Waals surface area (Å²) in [7, 11) is 0. The fraction of sp³-hybridized carbons (Fsp3) is 0.364. The van der Waals surface area contributed by atoms with Crippen LogP contribution in [0.2, 0.25) is 0 Å². The zero-order chi connectivity index (χ0) is 14.6. The van der Waals surface area contributed by atoms with Gasteiger partial charge in [0.15, 0.2) is 0 Å². The van der Waals surface area contributed by atoms with E-state index in [0.717, 1.165) is 17.0 Å². The Morgan fingerprint density at radius 2 is 2.21 bits per heavy atom. The van der Waals surface area contributed by atoms with Crippen LogP contribution in [0.1, 0.15) is 17.3 Å². The predicted octanol–water partition coefficient (Wildman–Crippen LogP) is 0.770. The summed E-state index contributed by atoms with van der Waals surface area (Å²) in [5.41, 5.74) is 3.91. The number of halogens is 1. The average Bonchev–Trinajstić information content (AvgIpc) is 2.35. The molecular formula is C11H14FN3O4. The minimum Gasteiger partial charge on any atom is -0.395 e. The SMILES string of the molecule is CCN(CCO)C(=O)c1c(F)ccc([N+](=O)[O-])c1N. The van der Waals surface area contributed by atoms with Crippen molar-refractivity contribution in [1.82, 2.24) is 4.90 Å². The largest absolute Gasteiger partial charge is 0.395 e. The van der Waals surface area contributed by atoms with Crippen molar-refractivity contribution in [3.63, 3.8) is 0 Å². The number of aliphatic hydroxyl groups is 1. The number of carbonyl (C=O) groups excluding carboxylic acids is 1. The van der Waals surface area contributed by atoms with Crippen LogP contribution in [0.15, 0.2) is 12.1 Å². The molecule has 0 bridgehead atoms. The van der Waals surface area contributed by atoms with Gasteiger partial charge >= 0.3 is 0 Å². The first-order chi connectivity index (χ1) is 8.93. The van der Waals surface area contributed by atoms with Crippen molar-refractivity contribution < 1.29 is 19.2 Å². The molecular weight excluding hydrogens is 257 g/mol. The Balaban J connectivity index is 3.29. The van der Waals surface area contributed by atoms with Crippen molar-refractivity contribution in [2.45, 2.75) is 6.92 Å². The minimum absolute atomic E-state index is 0.00307. The molecule has 0 aromatic heterocycles. The van der Waals surface area contributed by atoms with E-state index < -0.39 is 33.6 Å². The first-order valence-electron chi connectivity index (χ1n) is 5.56. The van der Waals surface area contributed by atoms with E-state index in [0.29, 0.717) is 0 Å². The number of nitrogen functional groups attached to an aromatic ring is 1. The Morgan fingerprint density at radius 3 is 2.68 bits per heavy atom. The maximum absolute atomic E-state index is 13.7. The summed E-state index contributed by atoms with van der Waals surface area (Å²) in [5, 5.41) is 19.5. The number of rotatable bonds is 5. The molecule has 1 aromatic rings. The van der Waals surface area contributed by atoms with Crippen LogP contribution >= 0.6 is 0 Å². The molecule has 0 fully saturated rings. The molecule has 3 N–H and O–H groups in total. The second kappa shape index (κ2) is 6.10. The summed E-state index contributed by atoms with van der Waals surface area (Å²) in [6.45, 7) is 1.56. The third-order valence-corrected chi connectivity index (χ3v) is 2.62. The van der Waals surface area contributed by atoms with Crippen LogP contribution in [0, 0.1) is 15.9 Å². The number of hydrogen-bond acceptors (Lipinski definition) is 5. The number of carbonyl (C=O) groups is 1. The zero-order valence-electron chi connectivity index (χ0n) is 10.3. The van der Waals surface area contributed by atoms with Crippen LogP contribution < -0.4 is 5.73 Å². The van der Waals surface area contributed by atoms with Gasteiger partial charge in [0.2, 0.25) is 0 Å². The van der Waals surface area contributed by atoms with E-state index in [-0.39, 0.29) is 19.7 Å². The zero-order valence-corrected chi connectivity index (χ0v) is 10.3. The number of aliphatic hydroxyl groups excluding tert-OH is 1. The maximum Gasteiger partial charge on any atom is 0.293 e. The molecule has 0 aliphatic carbocycles. The van der Waals surface area contributed by atoms with E-state index in [1.165, 1.54) is 0 Å². The molecule has 8 heteroatoms. The van der Waals surface area contributed by atoms with E-state index in [1.807, 2.05) is 0 Å². The second-order valence-corrected chi connectivity index (χ2v) is 3.72. The van der Waals surface area contributed by atoms with Crippen LogP contribution in [-0.2, 0) is 0 Å². The first-order valence-corrected chi connectivity index (χ1v) is 5.56. The van der Waals surface area contributed by atoms with Crippen LogP contribution in [0.5, 0.6) is 0 Å². The van der Waals surface area contributed by atoms with Gasteiger partial charge in [0.25, 0.3) is 11.6 Å². The Morgan fingerprint density at radius 1 is 1.58 bits per heavy atom. The number of likely N-dealkylation sites (N-methyl/N-ethyl adjacent to an activating group) is 1. The smallest absolute Gasteiger partial charge is 0.293 e. The lowest BCUT2D eigenvalue weighted by molar-refractivity contribution is -0.384. The topological polar surface area (TPSA) is 110 Å². The lowest BCUT2D eigenvalue weighted by Gasteiger charge is -2.20. The van der Waals surface area contributed by atoms with Gasteiger partial charge in [-0.25, -0.2) is 4.39 Å². The Labute approximate surface area is 108 Å². The number of benzene rings is 1. The van der Waals surface area contributed by atoms with Gasteiger partial charge in [-0.1, -0.05) is 0 Å². The summed E-state index contributed by atoms with van der Waals surface area (Å²) >= 11 is 0. The highest BCUT2D eigenvalue weighted by Crippen LogP contribution is 2.28. The molecule has 0 heterocycles. The lowest BCUT2D eigenvalue weighted by atomic mass is 10.1. The summed E-state index contributed by atoms with van der Waals surface area (Å²) in [5.74, 6) is -1.71. The molecule has 1 rings (SSSR count). The van der Waals surface area contributed by atoms with Crippen LogP contribution in [0.25, 0.3) is 0 Å².